The molecule has 2 aromatic carbocycles. The third kappa shape index (κ3) is 3.58. The largest absolute Gasteiger partial charge is 0.256 e. The molecule has 3 aromatic rings. The summed E-state index contributed by atoms with van der Waals surface area (Å²) < 4.78 is 0. The van der Waals surface area contributed by atoms with E-state index in [4.69, 9.17) is 4.98 Å². The first-order valence-corrected chi connectivity index (χ1v) is 9.34. The molecule has 0 fully saturated rings. The van der Waals surface area contributed by atoms with Gasteiger partial charge in [-0.2, -0.15) is 0 Å². The summed E-state index contributed by atoms with van der Waals surface area (Å²) in [6.45, 7) is 13.6. The van der Waals surface area contributed by atoms with Crippen molar-refractivity contribution in [2.24, 2.45) is 0 Å². The molecule has 0 saturated carbocycles. The molecule has 0 aliphatic carbocycles. The minimum absolute atomic E-state index is 0.0644. The van der Waals surface area contributed by atoms with Gasteiger partial charge in [-0.25, -0.2) is 0 Å². The second kappa shape index (κ2) is 6.72. The van der Waals surface area contributed by atoms with Gasteiger partial charge in [0.05, 0.1) is 5.69 Å². The first kappa shape index (κ1) is 18.4. The maximum atomic E-state index is 4.82. The lowest BCUT2D eigenvalue weighted by Crippen LogP contribution is -2.14. The molecule has 0 amide bonds. The van der Waals surface area contributed by atoms with Gasteiger partial charge in [0.2, 0.25) is 0 Å². The first-order chi connectivity index (χ1) is 12.2. The molecule has 0 aliphatic heterocycles. The van der Waals surface area contributed by atoms with Crippen molar-refractivity contribution in [1.29, 1.82) is 0 Å². The number of hydrogen-bond acceptors (Lipinski definition) is 1. The summed E-state index contributed by atoms with van der Waals surface area (Å²) in [5, 5.41) is 0. The van der Waals surface area contributed by atoms with E-state index in [1.807, 2.05) is 12.3 Å². The van der Waals surface area contributed by atoms with Crippen LogP contribution in [-0.4, -0.2) is 4.98 Å². The lowest BCUT2D eigenvalue weighted by molar-refractivity contribution is 0.590. The zero-order valence-corrected chi connectivity index (χ0v) is 16.8. The monoisotopic (exact) mass is 343 g/mol. The van der Waals surface area contributed by atoms with Crippen LogP contribution >= 0.6 is 0 Å². The molecule has 0 spiro atoms. The Balaban J connectivity index is 2.29. The fraction of sp³-hybridized carbons (Fsp3) is 0.320. The maximum Gasteiger partial charge on any atom is 0.0783 e. The van der Waals surface area contributed by atoms with Gasteiger partial charge in [0.1, 0.15) is 0 Å². The highest BCUT2D eigenvalue weighted by Crippen LogP contribution is 2.40. The Bertz CT molecular complexity index is 831. The third-order valence-electron chi connectivity index (χ3n) is 4.82. The second-order valence-corrected chi connectivity index (χ2v) is 8.99. The molecule has 1 aromatic heterocycles. The van der Waals surface area contributed by atoms with Crippen molar-refractivity contribution in [2.75, 3.05) is 0 Å². The summed E-state index contributed by atoms with van der Waals surface area (Å²) in [6.07, 6.45) is 1.90. The van der Waals surface area contributed by atoms with Gasteiger partial charge in [0.25, 0.3) is 0 Å². The SMILES string of the molecule is CC(C)(C)c1ccccc1-c1cccnc1-c1ccccc1C(C)(C)C. The number of benzene rings is 2. The topological polar surface area (TPSA) is 12.9 Å². The Hall–Kier alpha value is -2.41. The van der Waals surface area contributed by atoms with Crippen LogP contribution in [0.1, 0.15) is 52.7 Å². The van der Waals surface area contributed by atoms with Crippen LogP contribution in [0.25, 0.3) is 22.4 Å². The van der Waals surface area contributed by atoms with Gasteiger partial charge in [-0.05, 0) is 33.6 Å². The van der Waals surface area contributed by atoms with Crippen LogP contribution < -0.4 is 0 Å². The van der Waals surface area contributed by atoms with Crippen molar-refractivity contribution < 1.29 is 0 Å². The van der Waals surface area contributed by atoms with Crippen molar-refractivity contribution >= 4 is 0 Å². The smallest absolute Gasteiger partial charge is 0.0783 e. The summed E-state index contributed by atoms with van der Waals surface area (Å²) in [4.78, 5) is 4.82. The molecule has 3 rings (SSSR count). The summed E-state index contributed by atoms with van der Waals surface area (Å²) in [5.74, 6) is 0. The minimum atomic E-state index is 0.0644. The second-order valence-electron chi connectivity index (χ2n) is 8.99. The molecule has 0 N–H and O–H groups in total. The van der Waals surface area contributed by atoms with Crippen LogP contribution in [0.4, 0.5) is 0 Å². The highest BCUT2D eigenvalue weighted by Gasteiger charge is 2.23. The van der Waals surface area contributed by atoms with Gasteiger partial charge in [-0.1, -0.05) is 96.1 Å². The van der Waals surface area contributed by atoms with Crippen LogP contribution in [-0.2, 0) is 10.8 Å². The zero-order valence-electron chi connectivity index (χ0n) is 16.8. The molecule has 1 heteroatoms. The van der Waals surface area contributed by atoms with E-state index in [1.54, 1.807) is 0 Å². The normalized spacial score (nSPS) is 12.2. The van der Waals surface area contributed by atoms with E-state index in [0.29, 0.717) is 0 Å². The average molecular weight is 344 g/mol. The van der Waals surface area contributed by atoms with Crippen LogP contribution in [0, 0.1) is 0 Å². The quantitative estimate of drug-likeness (QED) is 0.487. The fourth-order valence-electron chi connectivity index (χ4n) is 3.55. The Morgan fingerprint density at radius 3 is 1.58 bits per heavy atom. The highest BCUT2D eigenvalue weighted by molar-refractivity contribution is 5.84. The van der Waals surface area contributed by atoms with Gasteiger partial charge >= 0.3 is 0 Å². The molecule has 0 atom stereocenters. The highest BCUT2D eigenvalue weighted by atomic mass is 14.7. The Morgan fingerprint density at radius 1 is 0.538 bits per heavy atom. The summed E-state index contributed by atoms with van der Waals surface area (Å²) in [7, 11) is 0. The lowest BCUT2D eigenvalue weighted by atomic mass is 9.79. The van der Waals surface area contributed by atoms with Gasteiger partial charge in [-0.15, -0.1) is 0 Å². The van der Waals surface area contributed by atoms with E-state index in [-0.39, 0.29) is 10.8 Å². The van der Waals surface area contributed by atoms with Crippen LogP contribution in [0.2, 0.25) is 0 Å². The number of aromatic nitrogens is 1. The van der Waals surface area contributed by atoms with Crippen molar-refractivity contribution in [3.05, 3.63) is 78.0 Å². The summed E-state index contributed by atoms with van der Waals surface area (Å²) in [5.41, 5.74) is 7.58. The Morgan fingerprint density at radius 2 is 1.00 bits per heavy atom. The van der Waals surface area contributed by atoms with E-state index < -0.39 is 0 Å². The molecule has 26 heavy (non-hydrogen) atoms. The van der Waals surface area contributed by atoms with E-state index in [2.05, 4.69) is 96.1 Å². The Labute approximate surface area is 158 Å². The molecule has 1 nitrogen and oxygen atoms in total. The number of hydrogen-bond donors (Lipinski definition) is 0. The third-order valence-corrected chi connectivity index (χ3v) is 4.82. The predicted molar refractivity (Wildman–Crippen MR) is 113 cm³/mol. The molecule has 0 saturated heterocycles. The van der Waals surface area contributed by atoms with E-state index in [9.17, 15) is 0 Å². The summed E-state index contributed by atoms with van der Waals surface area (Å²) in [6, 6.07) is 21.6. The van der Waals surface area contributed by atoms with Crippen LogP contribution in [0.5, 0.6) is 0 Å². The standard InChI is InChI=1S/C25H29N/c1-24(2,3)21-15-9-7-12-18(21)19-14-11-17-26-23(19)20-13-8-10-16-22(20)25(4,5)6/h7-17H,1-6H3. The molecular weight excluding hydrogens is 314 g/mol. The summed E-state index contributed by atoms with van der Waals surface area (Å²) >= 11 is 0. The maximum absolute atomic E-state index is 4.82. The van der Waals surface area contributed by atoms with E-state index in [1.165, 1.54) is 27.8 Å². The van der Waals surface area contributed by atoms with Gasteiger partial charge in [0, 0.05) is 17.3 Å². The number of rotatable bonds is 2. The fourth-order valence-corrected chi connectivity index (χ4v) is 3.55. The van der Waals surface area contributed by atoms with Crippen molar-refractivity contribution in [1.82, 2.24) is 4.98 Å². The predicted octanol–water partition coefficient (Wildman–Crippen LogP) is 7.01. The molecule has 0 bridgehead atoms. The average Bonchev–Trinajstić information content (AvgIpc) is 2.60. The van der Waals surface area contributed by atoms with E-state index in [0.717, 1.165) is 5.69 Å². The zero-order chi connectivity index (χ0) is 18.9. The minimum Gasteiger partial charge on any atom is -0.256 e. The van der Waals surface area contributed by atoms with Gasteiger partial charge < -0.3 is 0 Å². The number of pyridine rings is 1. The number of nitrogens with zero attached hydrogens (tertiary/aromatic N) is 1. The van der Waals surface area contributed by atoms with Gasteiger partial charge in [-0.3, -0.25) is 4.98 Å². The van der Waals surface area contributed by atoms with Crippen LogP contribution in [0.15, 0.2) is 66.9 Å². The van der Waals surface area contributed by atoms with E-state index >= 15 is 0 Å². The molecule has 0 aliphatic rings. The Kier molecular flexibility index (Phi) is 4.75. The van der Waals surface area contributed by atoms with Crippen molar-refractivity contribution in [3.8, 4) is 22.4 Å². The molecule has 134 valence electrons. The molecule has 1 heterocycles. The van der Waals surface area contributed by atoms with Gasteiger partial charge in [0.15, 0.2) is 0 Å². The molecule has 0 unspecified atom stereocenters. The van der Waals surface area contributed by atoms with Crippen molar-refractivity contribution in [2.45, 2.75) is 52.4 Å². The first-order valence-electron chi connectivity index (χ1n) is 9.34. The lowest BCUT2D eigenvalue weighted by Gasteiger charge is -2.26. The molecule has 0 radical (unpaired) electrons. The van der Waals surface area contributed by atoms with Crippen LogP contribution in [0.3, 0.4) is 0 Å². The van der Waals surface area contributed by atoms with Crippen molar-refractivity contribution in [3.63, 3.8) is 0 Å². The molecular formula is C25H29N.